The van der Waals surface area contributed by atoms with Gasteiger partial charge in [0.2, 0.25) is 0 Å². The average molecular weight is 246 g/mol. The molecule has 1 heterocycles. The number of hydrogen-bond acceptors (Lipinski definition) is 2. The first-order chi connectivity index (χ1) is 8.59. The van der Waals surface area contributed by atoms with Gasteiger partial charge >= 0.3 is 0 Å². The van der Waals surface area contributed by atoms with Gasteiger partial charge in [-0.3, -0.25) is 0 Å². The summed E-state index contributed by atoms with van der Waals surface area (Å²) in [5.41, 5.74) is 3.55. The highest BCUT2D eigenvalue weighted by Gasteiger charge is 2.33. The van der Waals surface area contributed by atoms with Gasteiger partial charge in [0.15, 0.2) is 0 Å². The molecule has 0 unspecified atom stereocenters. The van der Waals surface area contributed by atoms with E-state index in [0.717, 1.165) is 17.7 Å². The second-order valence-electron chi connectivity index (χ2n) is 6.35. The Bertz CT molecular complexity index is 456. The zero-order valence-corrected chi connectivity index (χ0v) is 11.3. The summed E-state index contributed by atoms with van der Waals surface area (Å²) in [6, 6.07) is 4.48. The van der Waals surface area contributed by atoms with Crippen molar-refractivity contribution >= 4 is 0 Å². The molecule has 0 amide bonds. The van der Waals surface area contributed by atoms with Crippen LogP contribution in [0.25, 0.3) is 0 Å². The Morgan fingerprint density at radius 2 is 2.00 bits per heavy atom. The first-order valence-electron chi connectivity index (χ1n) is 7.05. The minimum atomic E-state index is -0.124. The molecule has 1 fully saturated rings. The van der Waals surface area contributed by atoms with Crippen LogP contribution in [0.4, 0.5) is 0 Å². The molecule has 1 aliphatic carbocycles. The predicted octanol–water partition coefficient (Wildman–Crippen LogP) is 3.55. The first kappa shape index (κ1) is 12.0. The van der Waals surface area contributed by atoms with E-state index in [-0.39, 0.29) is 12.2 Å². The molecule has 1 aromatic carbocycles. The summed E-state index contributed by atoms with van der Waals surface area (Å²) in [6.45, 7) is 4.31. The van der Waals surface area contributed by atoms with Crippen molar-refractivity contribution in [1.29, 1.82) is 0 Å². The molecule has 0 atom stereocenters. The first-order valence-corrected chi connectivity index (χ1v) is 7.05. The van der Waals surface area contributed by atoms with Crippen molar-refractivity contribution in [1.82, 2.24) is 0 Å². The highest BCUT2D eigenvalue weighted by molar-refractivity contribution is 5.49. The molecule has 1 aliphatic heterocycles. The van der Waals surface area contributed by atoms with Crippen molar-refractivity contribution in [3.63, 3.8) is 0 Å². The lowest BCUT2D eigenvalue weighted by Crippen LogP contribution is -2.24. The van der Waals surface area contributed by atoms with E-state index in [1.54, 1.807) is 0 Å². The summed E-state index contributed by atoms with van der Waals surface area (Å²) >= 11 is 0. The summed E-state index contributed by atoms with van der Waals surface area (Å²) < 4.78 is 5.97. The Balaban J connectivity index is 2.00. The quantitative estimate of drug-likeness (QED) is 0.864. The third-order valence-corrected chi connectivity index (χ3v) is 4.26. The molecule has 18 heavy (non-hydrogen) atoms. The van der Waals surface area contributed by atoms with Crippen molar-refractivity contribution in [3.05, 3.63) is 28.8 Å². The Morgan fingerprint density at radius 3 is 2.67 bits per heavy atom. The topological polar surface area (TPSA) is 29.5 Å². The van der Waals surface area contributed by atoms with E-state index in [4.69, 9.17) is 4.74 Å². The molecule has 0 radical (unpaired) electrons. The van der Waals surface area contributed by atoms with Gasteiger partial charge < -0.3 is 9.84 Å². The number of benzene rings is 1. The van der Waals surface area contributed by atoms with Gasteiger partial charge in [-0.15, -0.1) is 0 Å². The number of rotatable bonds is 2. The Morgan fingerprint density at radius 1 is 1.28 bits per heavy atom. The molecule has 1 aromatic rings. The van der Waals surface area contributed by atoms with Gasteiger partial charge in [-0.05, 0) is 49.8 Å². The fourth-order valence-corrected chi connectivity index (χ4v) is 3.43. The Hall–Kier alpha value is -1.02. The van der Waals surface area contributed by atoms with Gasteiger partial charge in [-0.25, -0.2) is 0 Å². The van der Waals surface area contributed by atoms with Gasteiger partial charge in [0.05, 0.1) is 6.61 Å². The molecule has 2 heteroatoms. The summed E-state index contributed by atoms with van der Waals surface area (Å²) in [7, 11) is 0. The molecule has 0 aromatic heterocycles. The third kappa shape index (κ3) is 2.03. The fourth-order valence-electron chi connectivity index (χ4n) is 3.43. The molecule has 0 bridgehead atoms. The van der Waals surface area contributed by atoms with Crippen molar-refractivity contribution in [2.45, 2.75) is 64.1 Å². The van der Waals surface area contributed by atoms with Crippen molar-refractivity contribution in [2.24, 2.45) is 0 Å². The minimum absolute atomic E-state index is 0.0823. The standard InChI is InChI=1S/C16H22O2/c1-16(2)9-13-7-12(11-5-3-4-6-11)8-14(10-17)15(13)18-16/h7-8,11,17H,3-6,9-10H2,1-2H3. The van der Waals surface area contributed by atoms with E-state index in [2.05, 4.69) is 26.0 Å². The summed E-state index contributed by atoms with van der Waals surface area (Å²) in [6.07, 6.45) is 6.24. The zero-order valence-electron chi connectivity index (χ0n) is 11.3. The number of hydrogen-bond donors (Lipinski definition) is 1. The fraction of sp³-hybridized carbons (Fsp3) is 0.625. The van der Waals surface area contributed by atoms with Gasteiger partial charge in [0.25, 0.3) is 0 Å². The molecule has 0 spiro atoms. The highest BCUT2D eigenvalue weighted by Crippen LogP contribution is 2.42. The Kier molecular flexibility index (Phi) is 2.86. The predicted molar refractivity (Wildman–Crippen MR) is 72.0 cm³/mol. The lowest BCUT2D eigenvalue weighted by atomic mass is 9.91. The average Bonchev–Trinajstić information content (AvgIpc) is 2.92. The van der Waals surface area contributed by atoms with E-state index in [9.17, 15) is 5.11 Å². The van der Waals surface area contributed by atoms with Crippen LogP contribution in [0.1, 0.15) is 62.1 Å². The monoisotopic (exact) mass is 246 g/mol. The van der Waals surface area contributed by atoms with Crippen LogP contribution in [0, 0.1) is 0 Å². The SMILES string of the molecule is CC1(C)Cc2cc(C3CCCC3)cc(CO)c2O1. The van der Waals surface area contributed by atoms with Crippen LogP contribution in [-0.2, 0) is 13.0 Å². The zero-order chi connectivity index (χ0) is 12.8. The van der Waals surface area contributed by atoms with Gasteiger partial charge in [0.1, 0.15) is 11.4 Å². The number of aliphatic hydroxyl groups excluding tert-OH is 1. The number of fused-ring (bicyclic) bond motifs is 1. The van der Waals surface area contributed by atoms with Crippen LogP contribution in [0.15, 0.2) is 12.1 Å². The van der Waals surface area contributed by atoms with Gasteiger partial charge in [0, 0.05) is 12.0 Å². The van der Waals surface area contributed by atoms with Crippen LogP contribution in [0.3, 0.4) is 0 Å². The lowest BCUT2D eigenvalue weighted by Gasteiger charge is -2.18. The third-order valence-electron chi connectivity index (χ3n) is 4.26. The molecular weight excluding hydrogens is 224 g/mol. The van der Waals surface area contributed by atoms with Gasteiger partial charge in [-0.1, -0.05) is 18.9 Å². The van der Waals surface area contributed by atoms with Crippen molar-refractivity contribution in [3.8, 4) is 5.75 Å². The van der Waals surface area contributed by atoms with Crippen molar-refractivity contribution in [2.75, 3.05) is 0 Å². The minimum Gasteiger partial charge on any atom is -0.487 e. The summed E-state index contributed by atoms with van der Waals surface area (Å²) in [4.78, 5) is 0. The Labute approximate surface area is 109 Å². The van der Waals surface area contributed by atoms with E-state index in [0.29, 0.717) is 5.92 Å². The summed E-state index contributed by atoms with van der Waals surface area (Å²) in [5, 5.41) is 9.56. The van der Waals surface area contributed by atoms with E-state index in [1.807, 2.05) is 0 Å². The molecule has 98 valence electrons. The highest BCUT2D eigenvalue weighted by atomic mass is 16.5. The molecule has 2 nitrogen and oxygen atoms in total. The van der Waals surface area contributed by atoms with E-state index < -0.39 is 0 Å². The number of ether oxygens (including phenoxy) is 1. The van der Waals surface area contributed by atoms with E-state index >= 15 is 0 Å². The maximum atomic E-state index is 9.56. The normalized spacial score (nSPS) is 21.9. The molecule has 1 N–H and O–H groups in total. The van der Waals surface area contributed by atoms with Crippen molar-refractivity contribution < 1.29 is 9.84 Å². The van der Waals surface area contributed by atoms with Crippen LogP contribution < -0.4 is 4.74 Å². The molecule has 0 saturated heterocycles. The summed E-state index contributed by atoms with van der Waals surface area (Å²) in [5.74, 6) is 1.63. The van der Waals surface area contributed by atoms with Crippen LogP contribution in [0.2, 0.25) is 0 Å². The molecule has 2 aliphatic rings. The van der Waals surface area contributed by atoms with Crippen LogP contribution in [-0.4, -0.2) is 10.7 Å². The van der Waals surface area contributed by atoms with Crippen LogP contribution in [0.5, 0.6) is 5.75 Å². The maximum absolute atomic E-state index is 9.56. The maximum Gasteiger partial charge on any atom is 0.128 e. The second-order valence-corrected chi connectivity index (χ2v) is 6.35. The van der Waals surface area contributed by atoms with E-state index in [1.165, 1.54) is 36.8 Å². The van der Waals surface area contributed by atoms with Gasteiger partial charge in [-0.2, -0.15) is 0 Å². The largest absolute Gasteiger partial charge is 0.487 e. The molecule has 3 rings (SSSR count). The molecule has 1 saturated carbocycles. The number of aliphatic hydroxyl groups is 1. The molecular formula is C16H22O2. The smallest absolute Gasteiger partial charge is 0.128 e. The second kappa shape index (κ2) is 4.27. The van der Waals surface area contributed by atoms with Crippen LogP contribution >= 0.6 is 0 Å². The lowest BCUT2D eigenvalue weighted by molar-refractivity contribution is 0.134.